The number of hydrogen-bond donors (Lipinski definition) is 0. The Balaban J connectivity index is 0.000000185. The van der Waals surface area contributed by atoms with Crippen molar-refractivity contribution in [3.05, 3.63) is 146 Å². The molecule has 0 fully saturated rings. The Morgan fingerprint density at radius 2 is 0.894 bits per heavy atom. The van der Waals surface area contributed by atoms with Crippen LogP contribution in [0.15, 0.2) is 103 Å². The Hall–Kier alpha value is -3.99. The van der Waals surface area contributed by atoms with Crippen molar-refractivity contribution in [1.29, 1.82) is 0 Å². The Morgan fingerprint density at radius 3 is 1.28 bits per heavy atom. The van der Waals surface area contributed by atoms with Crippen molar-refractivity contribution in [3.63, 3.8) is 0 Å². The Kier molecular flexibility index (Phi) is 11.5. The van der Waals surface area contributed by atoms with E-state index in [9.17, 15) is 22.4 Å². The predicted octanol–water partition coefficient (Wildman–Crippen LogP) is 10.7. The van der Waals surface area contributed by atoms with E-state index in [4.69, 9.17) is 0 Å². The van der Waals surface area contributed by atoms with Crippen LogP contribution in [0.5, 0.6) is 0 Å². The molecule has 238 valence electrons. The van der Waals surface area contributed by atoms with E-state index in [1.807, 2.05) is 74.5 Å². The van der Waals surface area contributed by atoms with E-state index in [-0.39, 0.29) is 40.1 Å². The normalized spacial score (nSPS) is 11.0. The van der Waals surface area contributed by atoms with E-state index in [0.717, 1.165) is 29.1 Å². The fraction of sp³-hybridized carbons (Fsp3) is 0.125. The second kappa shape index (κ2) is 15.7. The van der Waals surface area contributed by atoms with Gasteiger partial charge in [-0.15, -0.1) is 0 Å². The van der Waals surface area contributed by atoms with Crippen molar-refractivity contribution in [2.45, 2.75) is 33.6 Å². The Labute approximate surface area is 284 Å². The average molecular weight is 763 g/mol. The number of aldehydes is 1. The second-order valence-corrected chi connectivity index (χ2v) is 15.4. The molecule has 7 heteroatoms. The van der Waals surface area contributed by atoms with Crippen LogP contribution in [0.2, 0.25) is 0 Å². The summed E-state index contributed by atoms with van der Waals surface area (Å²) in [7, 11) is 0. The zero-order valence-corrected chi connectivity index (χ0v) is 29.5. The molecule has 0 atom stereocenters. The maximum atomic E-state index is 14.6. The van der Waals surface area contributed by atoms with Crippen LogP contribution < -0.4 is 0 Å². The van der Waals surface area contributed by atoms with Crippen molar-refractivity contribution < 1.29 is 22.4 Å². The SMILES string of the molecule is CC=Cc1ccc(-c2ccc(-c3ccc(CC)cc3)c(F)c2F)[se]1.CCc1ccc(-c2ccc(-c3ccc(C=O)[se]3)c(F)c2F)cc1. The molecule has 0 N–H and O–H groups in total. The zero-order valence-electron chi connectivity index (χ0n) is 26.1. The van der Waals surface area contributed by atoms with E-state index < -0.39 is 23.3 Å². The number of rotatable bonds is 8. The predicted molar refractivity (Wildman–Crippen MR) is 187 cm³/mol. The number of aryl methyl sites for hydroxylation is 2. The summed E-state index contributed by atoms with van der Waals surface area (Å²) >= 11 is -0.247. The van der Waals surface area contributed by atoms with E-state index in [1.165, 1.54) is 10.0 Å². The number of allylic oxidation sites excluding steroid dienone is 1. The molecule has 0 bridgehead atoms. The molecule has 0 unspecified atom stereocenters. The monoisotopic (exact) mass is 764 g/mol. The molecule has 47 heavy (non-hydrogen) atoms. The molecule has 0 radical (unpaired) electrons. The first kappa shape index (κ1) is 34.3. The third-order valence-corrected chi connectivity index (χ3v) is 12.2. The van der Waals surface area contributed by atoms with Gasteiger partial charge in [0.1, 0.15) is 0 Å². The van der Waals surface area contributed by atoms with Crippen molar-refractivity contribution in [2.75, 3.05) is 0 Å². The van der Waals surface area contributed by atoms with Crippen LogP contribution in [0.25, 0.3) is 48.3 Å². The van der Waals surface area contributed by atoms with Crippen molar-refractivity contribution in [2.24, 2.45) is 0 Å². The molecule has 0 spiro atoms. The summed E-state index contributed by atoms with van der Waals surface area (Å²) in [6.45, 7) is 6.06. The minimum atomic E-state index is -0.851. The molecule has 6 aromatic rings. The number of hydrogen-bond acceptors (Lipinski definition) is 1. The zero-order chi connectivity index (χ0) is 33.5. The van der Waals surface area contributed by atoms with E-state index in [0.29, 0.717) is 31.1 Å². The number of carbonyl (C=O) groups is 1. The summed E-state index contributed by atoms with van der Waals surface area (Å²) < 4.78 is 61.5. The molecule has 1 nitrogen and oxygen atoms in total. The van der Waals surface area contributed by atoms with Crippen LogP contribution >= 0.6 is 0 Å². The van der Waals surface area contributed by atoms with Crippen LogP contribution in [0.3, 0.4) is 0 Å². The van der Waals surface area contributed by atoms with Gasteiger partial charge in [0.2, 0.25) is 0 Å². The summed E-state index contributed by atoms with van der Waals surface area (Å²) in [5.41, 5.74) is 4.86. The van der Waals surface area contributed by atoms with E-state index in [2.05, 4.69) is 6.92 Å². The van der Waals surface area contributed by atoms with E-state index in [1.54, 1.807) is 48.5 Å². The van der Waals surface area contributed by atoms with Gasteiger partial charge in [0, 0.05) is 0 Å². The van der Waals surface area contributed by atoms with Gasteiger partial charge >= 0.3 is 286 Å². The average Bonchev–Trinajstić information content (AvgIpc) is 3.78. The first-order chi connectivity index (χ1) is 22.8. The summed E-state index contributed by atoms with van der Waals surface area (Å²) in [5, 5.41) is 0. The molecule has 2 heterocycles. The number of carbonyl (C=O) groups excluding carboxylic acids is 1. The minimum absolute atomic E-state index is 0.0179. The van der Waals surface area contributed by atoms with Gasteiger partial charge in [0.15, 0.2) is 0 Å². The number of benzene rings is 4. The fourth-order valence-corrected chi connectivity index (χ4v) is 8.94. The van der Waals surface area contributed by atoms with Gasteiger partial charge in [0.25, 0.3) is 0 Å². The van der Waals surface area contributed by atoms with Crippen LogP contribution in [0.4, 0.5) is 17.6 Å². The third kappa shape index (κ3) is 7.77. The van der Waals surface area contributed by atoms with Crippen LogP contribution in [-0.4, -0.2) is 35.3 Å². The Bertz CT molecular complexity index is 2020. The molecule has 4 aromatic carbocycles. The van der Waals surface area contributed by atoms with Gasteiger partial charge in [-0.1, -0.05) is 0 Å². The third-order valence-electron chi connectivity index (χ3n) is 7.74. The molecule has 0 saturated heterocycles. The molecular weight excluding hydrogens is 730 g/mol. The van der Waals surface area contributed by atoms with Crippen molar-refractivity contribution >= 4 is 41.4 Å². The standard InChI is InChI=1S/C21H18F2Se.C19H14F2OSe/c1-3-5-16-10-13-19(24-16)18-12-11-17(20(22)21(18)23)15-8-6-14(4-2)7-9-15;1-2-12-3-5-13(6-4-12)15-8-9-16(19(21)18(15)20)17-10-7-14(11-22)23-17/h3,5-13H,4H2,1-2H3;3-11H,2H2,1H3. The van der Waals surface area contributed by atoms with Gasteiger partial charge < -0.3 is 0 Å². The molecule has 6 rings (SSSR count). The summed E-state index contributed by atoms with van der Waals surface area (Å²) in [6.07, 6.45) is 6.57. The van der Waals surface area contributed by atoms with Gasteiger partial charge in [-0.3, -0.25) is 0 Å². The quantitative estimate of drug-likeness (QED) is 0.0858. The maximum absolute atomic E-state index is 14.6. The van der Waals surface area contributed by atoms with Gasteiger partial charge in [0.05, 0.1) is 0 Å². The summed E-state index contributed by atoms with van der Waals surface area (Å²) in [5.74, 6) is -3.22. The van der Waals surface area contributed by atoms with Crippen LogP contribution in [0, 0.1) is 23.3 Å². The fourth-order valence-electron chi connectivity index (χ4n) is 5.08. The van der Waals surface area contributed by atoms with Crippen LogP contribution in [0.1, 0.15) is 45.6 Å². The molecule has 0 amide bonds. The van der Waals surface area contributed by atoms with Gasteiger partial charge in [-0.05, 0) is 0 Å². The van der Waals surface area contributed by atoms with Gasteiger partial charge in [-0.2, -0.15) is 0 Å². The molecule has 0 aliphatic rings. The van der Waals surface area contributed by atoms with Crippen molar-refractivity contribution in [3.8, 4) is 42.3 Å². The van der Waals surface area contributed by atoms with Crippen molar-refractivity contribution in [1.82, 2.24) is 0 Å². The molecular formula is C40H32F4OSe2. The van der Waals surface area contributed by atoms with Crippen LogP contribution in [-0.2, 0) is 12.8 Å². The summed E-state index contributed by atoms with van der Waals surface area (Å²) in [4.78, 5) is 10.8. The van der Waals surface area contributed by atoms with E-state index >= 15 is 0 Å². The second-order valence-electron chi connectivity index (χ2n) is 10.7. The summed E-state index contributed by atoms with van der Waals surface area (Å²) in [6, 6.07) is 28.9. The molecule has 2 aromatic heterocycles. The molecule has 0 aliphatic heterocycles. The first-order valence-electron chi connectivity index (χ1n) is 15.2. The molecule has 0 saturated carbocycles. The topological polar surface area (TPSA) is 17.1 Å². The molecule has 0 aliphatic carbocycles. The first-order valence-corrected chi connectivity index (χ1v) is 18.6. The van der Waals surface area contributed by atoms with Gasteiger partial charge in [-0.25, -0.2) is 0 Å². The Morgan fingerprint density at radius 1 is 0.511 bits per heavy atom. The number of halogens is 4.